The second kappa shape index (κ2) is 18.4. The molecule has 4 aromatic carbocycles. The van der Waals surface area contributed by atoms with Gasteiger partial charge < -0.3 is 0 Å². The van der Waals surface area contributed by atoms with Crippen LogP contribution >= 0.6 is 0 Å². The number of aryl methyl sites for hydroxylation is 6. The Morgan fingerprint density at radius 3 is 0.762 bits per heavy atom. The van der Waals surface area contributed by atoms with Crippen molar-refractivity contribution >= 4 is 0 Å². The van der Waals surface area contributed by atoms with Crippen molar-refractivity contribution in [1.82, 2.24) is 0 Å². The van der Waals surface area contributed by atoms with Crippen molar-refractivity contribution in [1.29, 1.82) is 0 Å². The molecule has 4 aromatic rings. The van der Waals surface area contributed by atoms with Gasteiger partial charge >= 0.3 is 0 Å². The zero-order valence-electron chi connectivity index (χ0n) is 29.1. The van der Waals surface area contributed by atoms with E-state index in [4.69, 9.17) is 0 Å². The van der Waals surface area contributed by atoms with Crippen molar-refractivity contribution in [3.8, 4) is 0 Å². The summed E-state index contributed by atoms with van der Waals surface area (Å²) < 4.78 is 0. The minimum atomic E-state index is 0.284. The first-order valence-corrected chi connectivity index (χ1v) is 16.0. The SMILES string of the molecule is CCc1ccc(C(C)(C)C)cc1.CCc1ccc(C)cc1.CCc1ccc(CC)cc1.Cc1ccc(C(C)(C)C)cc1. The smallest absolute Gasteiger partial charge is 0.0132 e. The lowest BCUT2D eigenvalue weighted by Gasteiger charge is -2.18. The van der Waals surface area contributed by atoms with Gasteiger partial charge in [-0.2, -0.15) is 0 Å². The zero-order chi connectivity index (χ0) is 31.8. The van der Waals surface area contributed by atoms with Gasteiger partial charge in [-0.1, -0.05) is 177 Å². The molecule has 0 unspecified atom stereocenters. The number of rotatable bonds is 4. The maximum Gasteiger partial charge on any atom is -0.0132 e. The Morgan fingerprint density at radius 1 is 0.333 bits per heavy atom. The van der Waals surface area contributed by atoms with Crippen LogP contribution < -0.4 is 0 Å². The maximum atomic E-state index is 2.24. The zero-order valence-corrected chi connectivity index (χ0v) is 29.1. The summed E-state index contributed by atoms with van der Waals surface area (Å²) in [7, 11) is 0. The van der Waals surface area contributed by atoms with Crippen LogP contribution in [0.15, 0.2) is 97.1 Å². The Labute approximate surface area is 260 Å². The van der Waals surface area contributed by atoms with E-state index in [2.05, 4.69) is 180 Å². The van der Waals surface area contributed by atoms with Crippen LogP contribution in [0, 0.1) is 13.8 Å². The van der Waals surface area contributed by atoms with Gasteiger partial charge in [-0.25, -0.2) is 0 Å². The van der Waals surface area contributed by atoms with Crippen molar-refractivity contribution in [2.75, 3.05) is 0 Å². The first-order chi connectivity index (χ1) is 19.7. The average Bonchev–Trinajstić information content (AvgIpc) is 2.98. The van der Waals surface area contributed by atoms with Crippen LogP contribution in [0.4, 0.5) is 0 Å². The van der Waals surface area contributed by atoms with Crippen molar-refractivity contribution in [2.24, 2.45) is 0 Å². The van der Waals surface area contributed by atoms with Gasteiger partial charge in [0.1, 0.15) is 0 Å². The first-order valence-electron chi connectivity index (χ1n) is 16.0. The van der Waals surface area contributed by atoms with Crippen LogP contribution in [-0.2, 0) is 36.5 Å². The first kappa shape index (κ1) is 36.9. The summed E-state index contributed by atoms with van der Waals surface area (Å²) in [4.78, 5) is 0. The van der Waals surface area contributed by atoms with E-state index < -0.39 is 0 Å². The molecule has 0 saturated heterocycles. The molecule has 0 fully saturated rings. The second-order valence-corrected chi connectivity index (χ2v) is 13.3. The summed E-state index contributed by atoms with van der Waals surface area (Å²) in [5, 5.41) is 0. The molecule has 0 saturated carbocycles. The molecule has 0 amide bonds. The topological polar surface area (TPSA) is 0 Å². The fraction of sp³-hybridized carbons (Fsp3) is 0.429. The monoisotopic (exact) mass is 564 g/mol. The van der Waals surface area contributed by atoms with Gasteiger partial charge in [-0.15, -0.1) is 0 Å². The minimum absolute atomic E-state index is 0.284. The summed E-state index contributed by atoms with van der Waals surface area (Å²) >= 11 is 0. The summed E-state index contributed by atoms with van der Waals surface area (Å²) in [5.41, 5.74) is 11.8. The van der Waals surface area contributed by atoms with Gasteiger partial charge in [0.05, 0.1) is 0 Å². The third kappa shape index (κ3) is 14.7. The fourth-order valence-electron chi connectivity index (χ4n) is 4.13. The molecule has 0 aliphatic carbocycles. The summed E-state index contributed by atoms with van der Waals surface area (Å²) in [6.45, 7) is 26.4. The summed E-state index contributed by atoms with van der Waals surface area (Å²) in [5.74, 6) is 0. The van der Waals surface area contributed by atoms with Gasteiger partial charge in [-0.3, -0.25) is 0 Å². The average molecular weight is 565 g/mol. The predicted molar refractivity (Wildman–Crippen MR) is 190 cm³/mol. The molecule has 0 spiro atoms. The number of hydrogen-bond acceptors (Lipinski definition) is 0. The Balaban J connectivity index is 0.000000281. The van der Waals surface area contributed by atoms with E-state index in [-0.39, 0.29) is 10.8 Å². The highest BCUT2D eigenvalue weighted by Gasteiger charge is 2.12. The normalized spacial score (nSPS) is 10.8. The third-order valence-corrected chi connectivity index (χ3v) is 7.51. The molecule has 42 heavy (non-hydrogen) atoms. The Morgan fingerprint density at radius 2 is 0.524 bits per heavy atom. The van der Waals surface area contributed by atoms with Crippen LogP contribution in [0.3, 0.4) is 0 Å². The van der Waals surface area contributed by atoms with Crippen LogP contribution in [0.25, 0.3) is 0 Å². The molecule has 0 heterocycles. The Bertz CT molecular complexity index is 1200. The fourth-order valence-corrected chi connectivity index (χ4v) is 4.13. The van der Waals surface area contributed by atoms with Crippen molar-refractivity contribution in [3.05, 3.63) is 142 Å². The quantitative estimate of drug-likeness (QED) is 0.231. The minimum Gasteiger partial charge on any atom is -0.0613 e. The van der Waals surface area contributed by atoms with E-state index in [1.165, 1.54) is 44.5 Å². The van der Waals surface area contributed by atoms with Crippen LogP contribution in [0.5, 0.6) is 0 Å². The molecular weight excluding hydrogens is 504 g/mol. The maximum absolute atomic E-state index is 2.24. The van der Waals surface area contributed by atoms with Crippen molar-refractivity contribution < 1.29 is 0 Å². The molecule has 0 aromatic heterocycles. The Kier molecular flexibility index (Phi) is 16.2. The molecule has 0 aliphatic heterocycles. The van der Waals surface area contributed by atoms with E-state index in [1.54, 1.807) is 0 Å². The highest BCUT2D eigenvalue weighted by Crippen LogP contribution is 2.22. The Hall–Kier alpha value is -3.12. The van der Waals surface area contributed by atoms with Crippen LogP contribution in [-0.4, -0.2) is 0 Å². The summed E-state index contributed by atoms with van der Waals surface area (Å²) in [6.07, 6.45) is 4.55. The van der Waals surface area contributed by atoms with Gasteiger partial charge in [0, 0.05) is 0 Å². The molecule has 0 radical (unpaired) electrons. The standard InChI is InChI=1S/C12H18.C11H16.C10H14.C9H12/c1-5-10-6-8-11(9-7-10)12(2,3)4;1-9-5-7-10(8-6-9)11(2,3)4;1-3-9-5-7-10(4-2)8-6-9;1-3-9-6-4-8(2)5-7-9/h6-9H,5H2,1-4H3;5-8H,1-4H3;5-8H,3-4H2,1-2H3;4-7H,3H2,1-2H3. The van der Waals surface area contributed by atoms with Gasteiger partial charge in [-0.05, 0) is 83.7 Å². The number of hydrogen-bond donors (Lipinski definition) is 0. The number of benzene rings is 4. The molecule has 0 bridgehead atoms. The van der Waals surface area contributed by atoms with E-state index >= 15 is 0 Å². The van der Waals surface area contributed by atoms with E-state index in [0.29, 0.717) is 0 Å². The molecule has 0 heteroatoms. The lowest BCUT2D eigenvalue weighted by atomic mass is 9.86. The second-order valence-electron chi connectivity index (χ2n) is 13.3. The van der Waals surface area contributed by atoms with Gasteiger partial charge in [0.15, 0.2) is 0 Å². The molecule has 0 N–H and O–H groups in total. The molecule has 228 valence electrons. The van der Waals surface area contributed by atoms with Gasteiger partial charge in [0.25, 0.3) is 0 Å². The lowest BCUT2D eigenvalue weighted by molar-refractivity contribution is 0.590. The van der Waals surface area contributed by atoms with Crippen molar-refractivity contribution in [3.63, 3.8) is 0 Å². The largest absolute Gasteiger partial charge is 0.0613 e. The van der Waals surface area contributed by atoms with Gasteiger partial charge in [0.2, 0.25) is 0 Å². The molecule has 0 nitrogen and oxygen atoms in total. The molecular formula is C42H60. The molecule has 4 rings (SSSR count). The van der Waals surface area contributed by atoms with Crippen LogP contribution in [0.2, 0.25) is 0 Å². The summed E-state index contributed by atoms with van der Waals surface area (Å²) in [6, 6.07) is 35.1. The third-order valence-electron chi connectivity index (χ3n) is 7.51. The highest BCUT2D eigenvalue weighted by molar-refractivity contribution is 5.28. The van der Waals surface area contributed by atoms with E-state index in [1.807, 2.05) is 0 Å². The van der Waals surface area contributed by atoms with E-state index in [9.17, 15) is 0 Å². The lowest BCUT2D eigenvalue weighted by Crippen LogP contribution is -2.10. The molecule has 0 aliphatic rings. The predicted octanol–water partition coefficient (Wildman–Crippen LogP) is 12.2. The van der Waals surface area contributed by atoms with Crippen molar-refractivity contribution in [2.45, 2.75) is 120 Å². The van der Waals surface area contributed by atoms with Crippen LogP contribution in [0.1, 0.15) is 114 Å². The molecule has 0 atom stereocenters. The highest BCUT2D eigenvalue weighted by atomic mass is 14.2. The van der Waals surface area contributed by atoms with E-state index in [0.717, 1.165) is 25.7 Å².